The molecule has 0 aliphatic carbocycles. The Morgan fingerprint density at radius 3 is 2.35 bits per heavy atom. The molecule has 3 aromatic carbocycles. The van der Waals surface area contributed by atoms with Gasteiger partial charge in [0.25, 0.3) is 5.91 Å². The molecule has 0 saturated heterocycles. The maximum Gasteiger partial charge on any atom is 0.282 e. The van der Waals surface area contributed by atoms with Crippen molar-refractivity contribution in [3.63, 3.8) is 0 Å². The fraction of sp³-hybridized carbons (Fsp3) is 0.115. The Kier molecular flexibility index (Phi) is 5.97. The number of amides is 1. The van der Waals surface area contributed by atoms with Crippen LogP contribution in [0.4, 0.5) is 10.8 Å². The van der Waals surface area contributed by atoms with Gasteiger partial charge in [-0.15, -0.1) is 11.3 Å². The first kappa shape index (κ1) is 21.7. The van der Waals surface area contributed by atoms with E-state index in [1.165, 1.54) is 21.9 Å². The lowest BCUT2D eigenvalue weighted by molar-refractivity contribution is -0.117. The van der Waals surface area contributed by atoms with E-state index in [-0.39, 0.29) is 5.91 Å². The molecule has 0 bridgehead atoms. The Morgan fingerprint density at radius 1 is 0.912 bits per heavy atom. The van der Waals surface area contributed by atoms with Crippen LogP contribution >= 0.6 is 11.3 Å². The van der Waals surface area contributed by atoms with Crippen LogP contribution in [0.3, 0.4) is 0 Å². The number of azo groups is 1. The minimum Gasteiger partial charge on any atom is -0.457 e. The Hall–Kier alpha value is -4.17. The van der Waals surface area contributed by atoms with Gasteiger partial charge in [0.2, 0.25) is 5.13 Å². The van der Waals surface area contributed by atoms with E-state index in [2.05, 4.69) is 20.3 Å². The van der Waals surface area contributed by atoms with E-state index in [1.807, 2.05) is 79.0 Å². The first-order valence-corrected chi connectivity index (χ1v) is 11.6. The highest BCUT2D eigenvalue weighted by Gasteiger charge is 2.36. The first-order chi connectivity index (χ1) is 16.6. The van der Waals surface area contributed by atoms with E-state index in [0.717, 1.165) is 17.0 Å². The minimum absolute atomic E-state index is 0.268. The number of carbonyl (C=O) groups is 1. The predicted octanol–water partition coefficient (Wildman–Crippen LogP) is 6.79. The molecular formula is C26H21N5O2S. The number of aromatic nitrogens is 1. The molecule has 0 saturated carbocycles. The van der Waals surface area contributed by atoms with Crippen molar-refractivity contribution >= 4 is 33.8 Å². The van der Waals surface area contributed by atoms with E-state index in [0.29, 0.717) is 22.3 Å². The Morgan fingerprint density at radius 2 is 1.62 bits per heavy atom. The second-order valence-corrected chi connectivity index (χ2v) is 8.64. The molecule has 8 heteroatoms. The number of anilines is 1. The minimum atomic E-state index is -0.771. The van der Waals surface area contributed by atoms with Crippen molar-refractivity contribution in [2.75, 3.05) is 5.01 Å². The molecule has 5 rings (SSSR count). The lowest BCUT2D eigenvalue weighted by Gasteiger charge is -2.08. The number of rotatable bonds is 6. The summed E-state index contributed by atoms with van der Waals surface area (Å²) in [6.45, 7) is 3.81. The SMILES string of the molecule is CC1=NN(c2nc(-c3ccc(C)cc3)cs2)C(=O)[C@@H]1N=Nc1ccc(Oc2ccccc2)cc1. The van der Waals surface area contributed by atoms with Crippen molar-refractivity contribution in [2.45, 2.75) is 19.9 Å². The molecule has 0 N–H and O–H groups in total. The van der Waals surface area contributed by atoms with Gasteiger partial charge in [-0.3, -0.25) is 4.79 Å². The average molecular weight is 468 g/mol. The van der Waals surface area contributed by atoms with Gasteiger partial charge in [-0.2, -0.15) is 20.3 Å². The maximum atomic E-state index is 13.0. The monoisotopic (exact) mass is 467 g/mol. The molecule has 1 aliphatic heterocycles. The number of hydrogen-bond donors (Lipinski definition) is 0. The highest BCUT2D eigenvalue weighted by molar-refractivity contribution is 7.14. The topological polar surface area (TPSA) is 79.5 Å². The van der Waals surface area contributed by atoms with Gasteiger partial charge in [0.1, 0.15) is 11.5 Å². The van der Waals surface area contributed by atoms with Crippen LogP contribution in [0.1, 0.15) is 12.5 Å². The lowest BCUT2D eigenvalue weighted by Crippen LogP contribution is -2.29. The molecule has 168 valence electrons. The lowest BCUT2D eigenvalue weighted by atomic mass is 10.1. The summed E-state index contributed by atoms with van der Waals surface area (Å²) in [5.74, 6) is 1.18. The number of carbonyl (C=O) groups excluding carboxylic acids is 1. The number of aryl methyl sites for hydroxylation is 1. The summed E-state index contributed by atoms with van der Waals surface area (Å²) in [7, 11) is 0. The predicted molar refractivity (Wildman–Crippen MR) is 134 cm³/mol. The van der Waals surface area contributed by atoms with Crippen LogP contribution in [0.15, 0.2) is 99.6 Å². The molecule has 7 nitrogen and oxygen atoms in total. The molecule has 0 fully saturated rings. The van der Waals surface area contributed by atoms with Gasteiger partial charge in [0.15, 0.2) is 6.04 Å². The highest BCUT2D eigenvalue weighted by atomic mass is 32.1. The fourth-order valence-corrected chi connectivity index (χ4v) is 4.16. The van der Waals surface area contributed by atoms with Crippen LogP contribution < -0.4 is 9.75 Å². The number of ether oxygens (including phenoxy) is 1. The van der Waals surface area contributed by atoms with Gasteiger partial charge in [0, 0.05) is 10.9 Å². The Balaban J connectivity index is 1.26. The molecule has 0 radical (unpaired) electrons. The third-order valence-corrected chi connectivity index (χ3v) is 6.04. The standard InChI is InChI=1S/C26H21N5O2S/c1-17-8-10-19(11-9-17)23-16-34-26(27-23)31-25(32)24(18(2)30-31)29-28-20-12-14-22(15-13-20)33-21-6-4-3-5-7-21/h3-16,24H,1-2H3/t24-/m1/s1. The van der Waals surface area contributed by atoms with Crippen molar-refractivity contribution in [1.29, 1.82) is 0 Å². The zero-order valence-electron chi connectivity index (χ0n) is 18.6. The zero-order chi connectivity index (χ0) is 23.5. The Bertz CT molecular complexity index is 1360. The van der Waals surface area contributed by atoms with Crippen molar-refractivity contribution in [2.24, 2.45) is 15.3 Å². The van der Waals surface area contributed by atoms with Gasteiger partial charge in [-0.05, 0) is 50.2 Å². The highest BCUT2D eigenvalue weighted by Crippen LogP contribution is 2.31. The summed E-state index contributed by atoms with van der Waals surface area (Å²) >= 11 is 1.37. The molecule has 0 spiro atoms. The summed E-state index contributed by atoms with van der Waals surface area (Å²) in [4.78, 5) is 17.6. The third-order valence-electron chi connectivity index (χ3n) is 5.22. The Labute approximate surface area is 201 Å². The summed E-state index contributed by atoms with van der Waals surface area (Å²) in [5.41, 5.74) is 4.18. The summed E-state index contributed by atoms with van der Waals surface area (Å²) in [5, 5.41) is 16.7. The average Bonchev–Trinajstić information content (AvgIpc) is 3.44. The van der Waals surface area contributed by atoms with Gasteiger partial charge < -0.3 is 4.74 Å². The van der Waals surface area contributed by atoms with Crippen LogP contribution in [0.2, 0.25) is 0 Å². The zero-order valence-corrected chi connectivity index (χ0v) is 19.4. The number of para-hydroxylation sites is 1. The number of nitrogens with zero attached hydrogens (tertiary/aromatic N) is 5. The van der Waals surface area contributed by atoms with Gasteiger partial charge >= 0.3 is 0 Å². The fourth-order valence-electron chi connectivity index (χ4n) is 3.37. The van der Waals surface area contributed by atoms with Gasteiger partial charge in [-0.25, -0.2) is 4.98 Å². The van der Waals surface area contributed by atoms with E-state index in [9.17, 15) is 4.79 Å². The summed E-state index contributed by atoms with van der Waals surface area (Å²) in [6, 6.07) is 24.1. The number of benzene rings is 3. The summed E-state index contributed by atoms with van der Waals surface area (Å²) in [6.07, 6.45) is 0. The molecule has 2 heterocycles. The van der Waals surface area contributed by atoms with Crippen LogP contribution in [0.25, 0.3) is 11.3 Å². The molecule has 1 atom stereocenters. The van der Waals surface area contributed by atoms with Gasteiger partial charge in [-0.1, -0.05) is 48.0 Å². The first-order valence-electron chi connectivity index (χ1n) is 10.7. The number of hydrazone groups is 1. The second-order valence-electron chi connectivity index (χ2n) is 7.80. The van der Waals surface area contributed by atoms with Crippen LogP contribution in [-0.4, -0.2) is 22.6 Å². The van der Waals surface area contributed by atoms with Crippen molar-refractivity contribution in [1.82, 2.24) is 4.98 Å². The molecule has 4 aromatic rings. The molecule has 34 heavy (non-hydrogen) atoms. The van der Waals surface area contributed by atoms with Crippen molar-refractivity contribution in [3.05, 3.63) is 89.8 Å². The van der Waals surface area contributed by atoms with E-state index in [4.69, 9.17) is 4.74 Å². The van der Waals surface area contributed by atoms with E-state index in [1.54, 1.807) is 19.1 Å². The molecule has 1 aromatic heterocycles. The van der Waals surface area contributed by atoms with E-state index >= 15 is 0 Å². The largest absolute Gasteiger partial charge is 0.457 e. The quantitative estimate of drug-likeness (QED) is 0.293. The molecule has 1 aliphatic rings. The van der Waals surface area contributed by atoms with Crippen molar-refractivity contribution < 1.29 is 9.53 Å². The number of thiazole rings is 1. The van der Waals surface area contributed by atoms with Crippen LogP contribution in [0.5, 0.6) is 11.5 Å². The maximum absolute atomic E-state index is 13.0. The van der Waals surface area contributed by atoms with Crippen molar-refractivity contribution in [3.8, 4) is 22.8 Å². The smallest absolute Gasteiger partial charge is 0.282 e. The van der Waals surface area contributed by atoms with Gasteiger partial charge in [0.05, 0.1) is 17.1 Å². The normalized spacial score (nSPS) is 15.7. The van der Waals surface area contributed by atoms with Crippen LogP contribution in [0, 0.1) is 6.92 Å². The third kappa shape index (κ3) is 4.62. The molecule has 0 unspecified atom stereocenters. The molecule has 1 amide bonds. The van der Waals surface area contributed by atoms with Crippen LogP contribution in [-0.2, 0) is 4.79 Å². The van der Waals surface area contributed by atoms with E-state index < -0.39 is 6.04 Å². The molecular weight excluding hydrogens is 446 g/mol. The number of hydrogen-bond acceptors (Lipinski definition) is 7. The summed E-state index contributed by atoms with van der Waals surface area (Å²) < 4.78 is 5.79. The second kappa shape index (κ2) is 9.36.